The average Bonchev–Trinajstić information content (AvgIpc) is 2.92. The van der Waals surface area contributed by atoms with Gasteiger partial charge in [0.15, 0.2) is 0 Å². The lowest BCUT2D eigenvalue weighted by Gasteiger charge is -2.17. The zero-order valence-electron chi connectivity index (χ0n) is 11.7. The topological polar surface area (TPSA) is 38.1 Å². The van der Waals surface area contributed by atoms with E-state index < -0.39 is 0 Å². The molecule has 0 aliphatic carbocycles. The molecule has 21 heavy (non-hydrogen) atoms. The van der Waals surface area contributed by atoms with Gasteiger partial charge < -0.3 is 4.90 Å². The van der Waals surface area contributed by atoms with Crippen molar-refractivity contribution in [3.63, 3.8) is 0 Å². The van der Waals surface area contributed by atoms with Crippen molar-refractivity contribution in [2.45, 2.75) is 23.8 Å². The lowest BCUT2D eigenvalue weighted by molar-refractivity contribution is 0.201. The van der Waals surface area contributed by atoms with Crippen LogP contribution in [0.25, 0.3) is 0 Å². The summed E-state index contributed by atoms with van der Waals surface area (Å²) in [6, 6.07) is 7.06. The molecule has 0 saturated heterocycles. The zero-order chi connectivity index (χ0) is 15.4. The molecule has 0 unspecified atom stereocenters. The Kier molecular flexibility index (Phi) is 5.56. The number of carbonyl (C=O) groups excluding carboxylic acids is 1. The van der Waals surface area contributed by atoms with Crippen LogP contribution in [0.5, 0.6) is 0 Å². The Balaban J connectivity index is 2.12. The van der Waals surface area contributed by atoms with Gasteiger partial charge in [0.05, 0.1) is 10.0 Å². The third kappa shape index (κ3) is 3.93. The largest absolute Gasteiger partial charge is 0.344 e. The Hall–Kier alpha value is -1.17. The summed E-state index contributed by atoms with van der Waals surface area (Å²) >= 11 is 13.3. The van der Waals surface area contributed by atoms with Crippen LogP contribution in [0.2, 0.25) is 10.0 Å². The Labute approximate surface area is 138 Å². The van der Waals surface area contributed by atoms with Gasteiger partial charge in [-0.2, -0.15) is 9.78 Å². The van der Waals surface area contributed by atoms with Crippen LogP contribution in [-0.4, -0.2) is 33.8 Å². The molecule has 7 heteroatoms. The van der Waals surface area contributed by atoms with Gasteiger partial charge in [0.25, 0.3) is 0 Å². The summed E-state index contributed by atoms with van der Waals surface area (Å²) in [5.41, 5.74) is 0. The van der Waals surface area contributed by atoms with Gasteiger partial charge in [-0.3, -0.25) is 0 Å². The Morgan fingerprint density at radius 2 is 1.95 bits per heavy atom. The Morgan fingerprint density at radius 3 is 2.57 bits per heavy atom. The number of hydrogen-bond acceptors (Lipinski definition) is 3. The summed E-state index contributed by atoms with van der Waals surface area (Å²) in [5.74, 6) is 0. The Bertz CT molecular complexity index is 641. The molecule has 2 aromatic rings. The fourth-order valence-corrected chi connectivity index (χ4v) is 2.94. The van der Waals surface area contributed by atoms with Crippen molar-refractivity contribution < 1.29 is 4.79 Å². The molecule has 1 amide bonds. The van der Waals surface area contributed by atoms with Crippen molar-refractivity contribution in [3.8, 4) is 0 Å². The number of halogens is 2. The number of amides is 1. The first kappa shape index (κ1) is 16.2. The molecule has 4 nitrogen and oxygen atoms in total. The number of rotatable bonds is 4. The summed E-state index contributed by atoms with van der Waals surface area (Å²) in [5, 5.41) is 6.03. The van der Waals surface area contributed by atoms with Crippen LogP contribution in [0.1, 0.15) is 13.8 Å². The van der Waals surface area contributed by atoms with Crippen LogP contribution in [0, 0.1) is 0 Å². The van der Waals surface area contributed by atoms with Gasteiger partial charge in [-0.05, 0) is 38.1 Å². The minimum Gasteiger partial charge on any atom is -0.323 e. The number of aromatic nitrogens is 2. The summed E-state index contributed by atoms with van der Waals surface area (Å²) in [6.07, 6.45) is 1.67. The quantitative estimate of drug-likeness (QED) is 0.810. The molecule has 112 valence electrons. The number of benzene rings is 1. The third-order valence-corrected chi connectivity index (χ3v) is 4.56. The molecule has 1 aromatic carbocycles. The minimum atomic E-state index is -0.124. The second-order valence-electron chi connectivity index (χ2n) is 4.23. The molecule has 1 aromatic heterocycles. The molecule has 0 spiro atoms. The van der Waals surface area contributed by atoms with Gasteiger partial charge in [-0.15, -0.1) is 0 Å². The van der Waals surface area contributed by atoms with Crippen molar-refractivity contribution in [1.29, 1.82) is 0 Å². The molecular formula is C14H15Cl2N3OS. The highest BCUT2D eigenvalue weighted by atomic mass is 35.5. The van der Waals surface area contributed by atoms with Gasteiger partial charge in [0.2, 0.25) is 0 Å². The number of nitrogens with zero attached hydrogens (tertiary/aromatic N) is 3. The summed E-state index contributed by atoms with van der Waals surface area (Å²) in [4.78, 5) is 14.8. The fourth-order valence-electron chi connectivity index (χ4n) is 1.77. The molecule has 0 bridgehead atoms. The maximum Gasteiger partial charge on any atom is 0.344 e. The zero-order valence-corrected chi connectivity index (χ0v) is 14.0. The summed E-state index contributed by atoms with van der Waals surface area (Å²) < 4.78 is 1.35. The average molecular weight is 344 g/mol. The smallest absolute Gasteiger partial charge is 0.323 e. The molecule has 0 aliphatic heterocycles. The van der Waals surface area contributed by atoms with E-state index in [4.69, 9.17) is 23.2 Å². The van der Waals surface area contributed by atoms with Crippen LogP contribution in [0.15, 0.2) is 40.4 Å². The van der Waals surface area contributed by atoms with E-state index in [0.29, 0.717) is 23.1 Å². The first-order valence-electron chi connectivity index (χ1n) is 6.53. The fraction of sp³-hybridized carbons (Fsp3) is 0.286. The van der Waals surface area contributed by atoms with E-state index in [2.05, 4.69) is 5.10 Å². The molecule has 0 saturated carbocycles. The van der Waals surface area contributed by atoms with Gasteiger partial charge in [0.1, 0.15) is 5.03 Å². The highest BCUT2D eigenvalue weighted by Crippen LogP contribution is 2.31. The van der Waals surface area contributed by atoms with Gasteiger partial charge in [-0.1, -0.05) is 35.0 Å². The van der Waals surface area contributed by atoms with Crippen LogP contribution in [-0.2, 0) is 0 Å². The lowest BCUT2D eigenvalue weighted by Crippen LogP contribution is -2.34. The van der Waals surface area contributed by atoms with Gasteiger partial charge in [0, 0.05) is 24.2 Å². The summed E-state index contributed by atoms with van der Waals surface area (Å²) in [7, 11) is 0. The monoisotopic (exact) mass is 343 g/mol. The second kappa shape index (κ2) is 7.20. The van der Waals surface area contributed by atoms with Crippen LogP contribution >= 0.6 is 35.0 Å². The van der Waals surface area contributed by atoms with E-state index in [1.165, 1.54) is 16.4 Å². The van der Waals surface area contributed by atoms with E-state index >= 15 is 0 Å². The molecule has 0 radical (unpaired) electrons. The predicted octanol–water partition coefficient (Wildman–Crippen LogP) is 4.65. The molecule has 0 atom stereocenters. The number of carbonyl (C=O) groups is 1. The van der Waals surface area contributed by atoms with Crippen LogP contribution in [0.3, 0.4) is 0 Å². The Morgan fingerprint density at radius 1 is 1.24 bits per heavy atom. The first-order valence-corrected chi connectivity index (χ1v) is 8.10. The van der Waals surface area contributed by atoms with Crippen LogP contribution < -0.4 is 0 Å². The van der Waals surface area contributed by atoms with E-state index in [1.807, 2.05) is 19.9 Å². The van der Waals surface area contributed by atoms with E-state index in [1.54, 1.807) is 29.3 Å². The van der Waals surface area contributed by atoms with Crippen molar-refractivity contribution >= 4 is 41.0 Å². The highest BCUT2D eigenvalue weighted by Gasteiger charge is 2.13. The summed E-state index contributed by atoms with van der Waals surface area (Å²) in [6.45, 7) is 5.20. The number of hydrogen-bond donors (Lipinski definition) is 0. The standard InChI is InChI=1S/C14H15Cl2N3OS/c1-3-18(4-2)14(20)19-8-7-13(17-19)21-10-5-6-11(15)12(16)9-10/h5-9H,3-4H2,1-2H3. The molecule has 0 fully saturated rings. The van der Waals surface area contributed by atoms with Crippen molar-refractivity contribution in [1.82, 2.24) is 14.7 Å². The molecular weight excluding hydrogens is 329 g/mol. The first-order chi connectivity index (χ1) is 10.0. The molecule has 2 rings (SSSR count). The van der Waals surface area contributed by atoms with Crippen LogP contribution in [0.4, 0.5) is 4.79 Å². The van der Waals surface area contributed by atoms with E-state index in [-0.39, 0.29) is 6.03 Å². The molecule has 1 heterocycles. The SMILES string of the molecule is CCN(CC)C(=O)n1ccc(Sc2ccc(Cl)c(Cl)c2)n1. The maximum atomic E-state index is 12.2. The minimum absolute atomic E-state index is 0.124. The molecule has 0 aliphatic rings. The lowest BCUT2D eigenvalue weighted by atomic mass is 10.4. The second-order valence-corrected chi connectivity index (χ2v) is 6.14. The van der Waals surface area contributed by atoms with Crippen molar-refractivity contribution in [3.05, 3.63) is 40.5 Å². The molecule has 0 N–H and O–H groups in total. The van der Waals surface area contributed by atoms with Crippen molar-refractivity contribution in [2.75, 3.05) is 13.1 Å². The maximum absolute atomic E-state index is 12.2. The van der Waals surface area contributed by atoms with Gasteiger partial charge in [-0.25, -0.2) is 4.79 Å². The highest BCUT2D eigenvalue weighted by molar-refractivity contribution is 7.99. The third-order valence-electron chi connectivity index (χ3n) is 2.91. The normalized spacial score (nSPS) is 10.7. The van der Waals surface area contributed by atoms with E-state index in [0.717, 1.165) is 9.92 Å². The van der Waals surface area contributed by atoms with Crippen molar-refractivity contribution in [2.24, 2.45) is 0 Å². The predicted molar refractivity (Wildman–Crippen MR) is 86.5 cm³/mol. The van der Waals surface area contributed by atoms with Gasteiger partial charge >= 0.3 is 6.03 Å². The van der Waals surface area contributed by atoms with E-state index in [9.17, 15) is 4.79 Å².